The van der Waals surface area contributed by atoms with Crippen LogP contribution in [0.4, 0.5) is 5.69 Å². The van der Waals surface area contributed by atoms with Gasteiger partial charge in [0.1, 0.15) is 0 Å². The third kappa shape index (κ3) is 2.73. The van der Waals surface area contributed by atoms with E-state index in [2.05, 4.69) is 5.32 Å². The van der Waals surface area contributed by atoms with E-state index >= 15 is 0 Å². The first-order valence-electron chi connectivity index (χ1n) is 8.21. The van der Waals surface area contributed by atoms with Gasteiger partial charge in [0, 0.05) is 30.8 Å². The van der Waals surface area contributed by atoms with Crippen LogP contribution >= 0.6 is 0 Å². The highest BCUT2D eigenvalue weighted by molar-refractivity contribution is 5.97. The Balaban J connectivity index is 1.40. The van der Waals surface area contributed by atoms with Gasteiger partial charge in [0.15, 0.2) is 11.5 Å². The van der Waals surface area contributed by atoms with Crippen LogP contribution in [-0.2, 0) is 9.59 Å². The molecule has 1 N–H and O–H groups in total. The van der Waals surface area contributed by atoms with Gasteiger partial charge in [-0.25, -0.2) is 0 Å². The summed E-state index contributed by atoms with van der Waals surface area (Å²) in [5.74, 6) is 1.07. The van der Waals surface area contributed by atoms with Gasteiger partial charge in [-0.15, -0.1) is 0 Å². The molecule has 0 spiro atoms. The molecule has 1 saturated carbocycles. The van der Waals surface area contributed by atoms with Crippen LogP contribution in [0.15, 0.2) is 18.2 Å². The van der Waals surface area contributed by atoms with Crippen molar-refractivity contribution in [3.8, 4) is 11.5 Å². The fraction of sp³-hybridized carbons (Fsp3) is 0.529. The van der Waals surface area contributed by atoms with Crippen LogP contribution in [0.2, 0.25) is 0 Å². The molecule has 0 unspecified atom stereocenters. The largest absolute Gasteiger partial charge is 0.454 e. The lowest BCUT2D eigenvalue weighted by atomic mass is 10.1. The maximum absolute atomic E-state index is 12.5. The number of rotatable bonds is 3. The zero-order valence-corrected chi connectivity index (χ0v) is 12.9. The molecule has 2 fully saturated rings. The second-order valence-corrected chi connectivity index (χ2v) is 6.44. The summed E-state index contributed by atoms with van der Waals surface area (Å²) in [4.78, 5) is 26.6. The molecule has 6 nitrogen and oxygen atoms in total. The van der Waals surface area contributed by atoms with Crippen molar-refractivity contribution >= 4 is 17.5 Å². The van der Waals surface area contributed by atoms with Crippen LogP contribution < -0.4 is 14.8 Å². The van der Waals surface area contributed by atoms with Gasteiger partial charge >= 0.3 is 0 Å². The molecule has 2 heterocycles. The predicted molar refractivity (Wildman–Crippen MR) is 83.3 cm³/mol. The zero-order chi connectivity index (χ0) is 15.8. The molecule has 0 bridgehead atoms. The molecule has 23 heavy (non-hydrogen) atoms. The number of nitrogens with zero attached hydrogens (tertiary/aromatic N) is 1. The summed E-state index contributed by atoms with van der Waals surface area (Å²) >= 11 is 0. The van der Waals surface area contributed by atoms with Crippen molar-refractivity contribution in [3.63, 3.8) is 0 Å². The first-order valence-corrected chi connectivity index (χ1v) is 8.21. The highest BCUT2D eigenvalue weighted by atomic mass is 16.7. The van der Waals surface area contributed by atoms with Gasteiger partial charge < -0.3 is 19.7 Å². The Morgan fingerprint density at radius 3 is 2.78 bits per heavy atom. The van der Waals surface area contributed by atoms with E-state index in [0.29, 0.717) is 36.2 Å². The lowest BCUT2D eigenvalue weighted by molar-refractivity contribution is -0.129. The van der Waals surface area contributed by atoms with E-state index in [1.807, 2.05) is 4.90 Å². The van der Waals surface area contributed by atoms with Crippen LogP contribution in [0.1, 0.15) is 32.1 Å². The summed E-state index contributed by atoms with van der Waals surface area (Å²) in [5.41, 5.74) is 0.672. The van der Waals surface area contributed by atoms with Gasteiger partial charge in [-0.3, -0.25) is 9.59 Å². The lowest BCUT2D eigenvalue weighted by Gasteiger charge is -2.23. The fourth-order valence-corrected chi connectivity index (χ4v) is 3.69. The summed E-state index contributed by atoms with van der Waals surface area (Å²) in [6.07, 6.45) is 4.82. The molecule has 2 amide bonds. The van der Waals surface area contributed by atoms with Crippen molar-refractivity contribution in [1.82, 2.24) is 4.90 Å². The van der Waals surface area contributed by atoms with Crippen molar-refractivity contribution < 1.29 is 19.1 Å². The monoisotopic (exact) mass is 316 g/mol. The number of anilines is 1. The summed E-state index contributed by atoms with van der Waals surface area (Å²) in [5, 5.41) is 2.89. The first kappa shape index (κ1) is 14.4. The van der Waals surface area contributed by atoms with Crippen molar-refractivity contribution in [3.05, 3.63) is 18.2 Å². The van der Waals surface area contributed by atoms with Gasteiger partial charge in [0.25, 0.3) is 0 Å². The van der Waals surface area contributed by atoms with Crippen molar-refractivity contribution in [2.24, 2.45) is 5.92 Å². The van der Waals surface area contributed by atoms with Gasteiger partial charge in [-0.1, -0.05) is 12.8 Å². The molecule has 3 aliphatic rings. The quantitative estimate of drug-likeness (QED) is 0.928. The van der Waals surface area contributed by atoms with Crippen LogP contribution in [0.25, 0.3) is 0 Å². The molecule has 2 aliphatic heterocycles. The molecule has 0 aromatic heterocycles. The molecule has 6 heteroatoms. The second kappa shape index (κ2) is 5.76. The van der Waals surface area contributed by atoms with E-state index in [9.17, 15) is 9.59 Å². The molecule has 1 aromatic rings. The average Bonchev–Trinajstić information content (AvgIpc) is 3.26. The van der Waals surface area contributed by atoms with Gasteiger partial charge in [-0.05, 0) is 25.0 Å². The number of fused-ring (bicyclic) bond motifs is 1. The fourth-order valence-electron chi connectivity index (χ4n) is 3.69. The van der Waals surface area contributed by atoms with Crippen LogP contribution in [0.3, 0.4) is 0 Å². The maximum atomic E-state index is 12.5. The Bertz CT molecular complexity index is 639. The molecule has 4 rings (SSSR count). The Morgan fingerprint density at radius 1 is 1.17 bits per heavy atom. The molecular weight excluding hydrogens is 296 g/mol. The minimum atomic E-state index is -0.270. The Labute approximate surface area is 134 Å². The highest BCUT2D eigenvalue weighted by Crippen LogP contribution is 2.35. The number of amides is 2. The number of nitrogens with one attached hydrogen (secondary N) is 1. The summed E-state index contributed by atoms with van der Waals surface area (Å²) in [6, 6.07) is 5.66. The number of hydrogen-bond donors (Lipinski definition) is 1. The first-order chi connectivity index (χ1) is 11.2. The Hall–Kier alpha value is -2.24. The van der Waals surface area contributed by atoms with E-state index in [-0.39, 0.29) is 24.5 Å². The van der Waals surface area contributed by atoms with Crippen molar-refractivity contribution in [2.75, 3.05) is 18.7 Å². The van der Waals surface area contributed by atoms with Crippen LogP contribution in [0, 0.1) is 5.92 Å². The highest BCUT2D eigenvalue weighted by Gasteiger charge is 2.38. The van der Waals surface area contributed by atoms with Gasteiger partial charge in [0.05, 0.1) is 5.92 Å². The van der Waals surface area contributed by atoms with E-state index in [1.165, 1.54) is 12.8 Å². The molecule has 0 radical (unpaired) electrons. The Morgan fingerprint density at radius 2 is 1.96 bits per heavy atom. The van der Waals surface area contributed by atoms with E-state index in [4.69, 9.17) is 9.47 Å². The zero-order valence-electron chi connectivity index (χ0n) is 12.9. The van der Waals surface area contributed by atoms with Crippen molar-refractivity contribution in [2.45, 2.75) is 38.1 Å². The smallest absolute Gasteiger partial charge is 0.231 e. The number of ether oxygens (including phenoxy) is 2. The summed E-state index contributed by atoms with van der Waals surface area (Å²) in [6.45, 7) is 0.750. The minimum Gasteiger partial charge on any atom is -0.454 e. The molecule has 1 saturated heterocycles. The van der Waals surface area contributed by atoms with E-state index < -0.39 is 0 Å². The van der Waals surface area contributed by atoms with Crippen LogP contribution in [0.5, 0.6) is 11.5 Å². The van der Waals surface area contributed by atoms with Gasteiger partial charge in [-0.2, -0.15) is 0 Å². The predicted octanol–water partition coefficient (Wildman–Crippen LogP) is 2.14. The Kier molecular flexibility index (Phi) is 3.59. The summed E-state index contributed by atoms with van der Waals surface area (Å²) < 4.78 is 10.6. The summed E-state index contributed by atoms with van der Waals surface area (Å²) in [7, 11) is 0. The molecule has 122 valence electrons. The number of hydrogen-bond acceptors (Lipinski definition) is 4. The number of benzene rings is 1. The number of carbonyl (C=O) groups excluding carboxylic acids is 2. The van der Waals surface area contributed by atoms with Crippen molar-refractivity contribution in [1.29, 1.82) is 0 Å². The normalized spacial score (nSPS) is 23.6. The molecule has 1 aliphatic carbocycles. The van der Waals surface area contributed by atoms with E-state index in [1.54, 1.807) is 18.2 Å². The molecular formula is C17H20N2O4. The van der Waals surface area contributed by atoms with Gasteiger partial charge in [0.2, 0.25) is 18.6 Å². The number of carbonyl (C=O) groups is 2. The van der Waals surface area contributed by atoms with E-state index in [0.717, 1.165) is 12.8 Å². The SMILES string of the molecule is O=C(Nc1ccc2c(c1)OCO2)[C@@H]1CC(=O)N(C2CCCC2)C1. The standard InChI is InChI=1S/C17H20N2O4/c20-16-7-11(9-19(16)13-3-1-2-4-13)17(21)18-12-5-6-14-15(8-12)23-10-22-14/h5-6,8,11,13H,1-4,7,9-10H2,(H,18,21)/t11-/m1/s1. The topological polar surface area (TPSA) is 67.9 Å². The minimum absolute atomic E-state index is 0.0993. The average molecular weight is 316 g/mol. The van der Waals surface area contributed by atoms with Crippen LogP contribution in [-0.4, -0.2) is 36.1 Å². The second-order valence-electron chi connectivity index (χ2n) is 6.44. The maximum Gasteiger partial charge on any atom is 0.231 e. The number of likely N-dealkylation sites (tertiary alicyclic amines) is 1. The molecule has 1 aromatic carbocycles. The third-order valence-corrected chi connectivity index (χ3v) is 4.93. The molecule has 1 atom stereocenters. The lowest BCUT2D eigenvalue weighted by Crippen LogP contribution is -2.35. The third-order valence-electron chi connectivity index (χ3n) is 4.93.